The molecule has 132 valence electrons. The van der Waals surface area contributed by atoms with Gasteiger partial charge in [0.25, 0.3) is 0 Å². The maximum Gasteiger partial charge on any atom is 0.227 e. The van der Waals surface area contributed by atoms with Gasteiger partial charge >= 0.3 is 0 Å². The molecule has 25 heavy (non-hydrogen) atoms. The minimum atomic E-state index is 0.143. The zero-order valence-electron chi connectivity index (χ0n) is 14.6. The van der Waals surface area contributed by atoms with Crippen LogP contribution in [0, 0.1) is 0 Å². The average molecular weight is 356 g/mol. The van der Waals surface area contributed by atoms with Crippen molar-refractivity contribution in [3.05, 3.63) is 52.0 Å². The van der Waals surface area contributed by atoms with Crippen LogP contribution in [0.15, 0.2) is 35.0 Å². The van der Waals surface area contributed by atoms with Gasteiger partial charge in [-0.3, -0.25) is 14.7 Å². The van der Waals surface area contributed by atoms with Crippen LogP contribution < -0.4 is 0 Å². The van der Waals surface area contributed by atoms with E-state index >= 15 is 0 Å². The van der Waals surface area contributed by atoms with Gasteiger partial charge in [-0.05, 0) is 73.3 Å². The lowest BCUT2D eigenvalue weighted by molar-refractivity contribution is -0.131. The van der Waals surface area contributed by atoms with Crippen molar-refractivity contribution in [2.75, 3.05) is 19.6 Å². The SMILES string of the molecule is O=C(Cc1ccsc1)N1CCC[C@H]1c1cccc(CN2CCCC2)n1. The number of amides is 1. The molecule has 0 spiro atoms. The van der Waals surface area contributed by atoms with E-state index in [0.29, 0.717) is 6.42 Å². The van der Waals surface area contributed by atoms with Gasteiger partial charge in [0.05, 0.1) is 23.9 Å². The molecule has 1 atom stereocenters. The van der Waals surface area contributed by atoms with E-state index in [4.69, 9.17) is 4.98 Å². The van der Waals surface area contributed by atoms with Crippen molar-refractivity contribution in [3.63, 3.8) is 0 Å². The van der Waals surface area contributed by atoms with E-state index in [1.807, 2.05) is 16.3 Å². The predicted molar refractivity (Wildman–Crippen MR) is 100 cm³/mol. The van der Waals surface area contributed by atoms with Crippen molar-refractivity contribution in [2.24, 2.45) is 0 Å². The molecular formula is C20H25N3OS. The van der Waals surface area contributed by atoms with Crippen molar-refractivity contribution >= 4 is 17.2 Å². The topological polar surface area (TPSA) is 36.4 Å². The maximum absolute atomic E-state index is 12.8. The molecule has 2 fully saturated rings. The maximum atomic E-state index is 12.8. The summed E-state index contributed by atoms with van der Waals surface area (Å²) in [6.07, 6.45) is 5.20. The smallest absolute Gasteiger partial charge is 0.227 e. The van der Waals surface area contributed by atoms with Crippen LogP contribution in [0.25, 0.3) is 0 Å². The van der Waals surface area contributed by atoms with Crippen molar-refractivity contribution in [1.29, 1.82) is 0 Å². The van der Waals surface area contributed by atoms with E-state index in [0.717, 1.165) is 42.9 Å². The summed E-state index contributed by atoms with van der Waals surface area (Å²) in [5.74, 6) is 0.229. The summed E-state index contributed by atoms with van der Waals surface area (Å²) >= 11 is 1.65. The third-order valence-electron chi connectivity index (χ3n) is 5.26. The number of carbonyl (C=O) groups is 1. The lowest BCUT2D eigenvalue weighted by atomic mass is 10.1. The fraction of sp³-hybridized carbons (Fsp3) is 0.500. The zero-order chi connectivity index (χ0) is 17.1. The molecule has 2 aliphatic heterocycles. The number of hydrogen-bond donors (Lipinski definition) is 0. The third-order valence-corrected chi connectivity index (χ3v) is 5.99. The molecule has 0 saturated carbocycles. The minimum absolute atomic E-state index is 0.143. The first-order chi connectivity index (χ1) is 12.3. The van der Waals surface area contributed by atoms with Crippen LogP contribution in [-0.2, 0) is 17.8 Å². The van der Waals surface area contributed by atoms with Gasteiger partial charge in [-0.15, -0.1) is 0 Å². The molecule has 4 heterocycles. The molecule has 2 aromatic rings. The second-order valence-electron chi connectivity index (χ2n) is 7.09. The van der Waals surface area contributed by atoms with Gasteiger partial charge in [0.1, 0.15) is 0 Å². The molecule has 0 aromatic carbocycles. The van der Waals surface area contributed by atoms with Gasteiger partial charge in [-0.25, -0.2) is 0 Å². The second kappa shape index (κ2) is 7.67. The highest BCUT2D eigenvalue weighted by Gasteiger charge is 2.31. The number of hydrogen-bond acceptors (Lipinski definition) is 4. The Morgan fingerprint density at radius 2 is 2.04 bits per heavy atom. The van der Waals surface area contributed by atoms with Crippen LogP contribution >= 0.6 is 11.3 Å². The number of thiophene rings is 1. The molecule has 2 aliphatic rings. The van der Waals surface area contributed by atoms with Crippen LogP contribution in [-0.4, -0.2) is 40.3 Å². The Labute approximate surface area is 153 Å². The van der Waals surface area contributed by atoms with Gasteiger partial charge < -0.3 is 4.90 Å². The van der Waals surface area contributed by atoms with E-state index in [1.165, 1.54) is 25.9 Å². The number of carbonyl (C=O) groups excluding carboxylic acids is 1. The lowest BCUT2D eigenvalue weighted by Gasteiger charge is -2.25. The number of rotatable bonds is 5. The summed E-state index contributed by atoms with van der Waals surface area (Å²) in [5.41, 5.74) is 3.32. The van der Waals surface area contributed by atoms with Gasteiger partial charge in [0, 0.05) is 13.1 Å². The van der Waals surface area contributed by atoms with Crippen molar-refractivity contribution in [2.45, 2.75) is 44.7 Å². The highest BCUT2D eigenvalue weighted by molar-refractivity contribution is 7.08. The molecule has 2 aromatic heterocycles. The number of likely N-dealkylation sites (tertiary alicyclic amines) is 2. The fourth-order valence-corrected chi connectivity index (χ4v) is 4.65. The molecule has 1 amide bonds. The molecule has 0 bridgehead atoms. The Morgan fingerprint density at radius 1 is 1.16 bits per heavy atom. The van der Waals surface area contributed by atoms with E-state index in [9.17, 15) is 4.79 Å². The highest BCUT2D eigenvalue weighted by atomic mass is 32.1. The average Bonchev–Trinajstić information content (AvgIpc) is 3.37. The Morgan fingerprint density at radius 3 is 2.84 bits per heavy atom. The molecule has 0 unspecified atom stereocenters. The Balaban J connectivity index is 1.46. The van der Waals surface area contributed by atoms with E-state index in [1.54, 1.807) is 11.3 Å². The summed E-state index contributed by atoms with van der Waals surface area (Å²) in [4.78, 5) is 22.2. The summed E-state index contributed by atoms with van der Waals surface area (Å²) in [6.45, 7) is 4.15. The first-order valence-corrected chi connectivity index (χ1v) is 10.2. The number of pyridine rings is 1. The van der Waals surface area contributed by atoms with Crippen molar-refractivity contribution < 1.29 is 4.79 Å². The number of aromatic nitrogens is 1. The van der Waals surface area contributed by atoms with Crippen LogP contribution in [0.1, 0.15) is 48.7 Å². The van der Waals surface area contributed by atoms with E-state index < -0.39 is 0 Å². The Bertz CT molecular complexity index is 709. The van der Waals surface area contributed by atoms with E-state index in [2.05, 4.69) is 28.5 Å². The van der Waals surface area contributed by atoms with Crippen LogP contribution in [0.4, 0.5) is 0 Å². The zero-order valence-corrected chi connectivity index (χ0v) is 15.4. The summed E-state index contributed by atoms with van der Waals surface area (Å²) in [5, 5.41) is 4.10. The summed E-state index contributed by atoms with van der Waals surface area (Å²) < 4.78 is 0. The molecule has 0 aliphatic carbocycles. The van der Waals surface area contributed by atoms with Crippen LogP contribution in [0.5, 0.6) is 0 Å². The van der Waals surface area contributed by atoms with E-state index in [-0.39, 0.29) is 11.9 Å². The quantitative estimate of drug-likeness (QED) is 0.821. The molecule has 4 rings (SSSR count). The standard InChI is InChI=1S/C20H25N3OS/c24-20(13-16-8-12-25-15-16)23-11-4-7-19(23)18-6-3-5-17(21-18)14-22-9-1-2-10-22/h3,5-6,8,12,15,19H,1-2,4,7,9-11,13-14H2/t19-/m0/s1. The Hall–Kier alpha value is -1.72. The lowest BCUT2D eigenvalue weighted by Crippen LogP contribution is -2.32. The normalized spacial score (nSPS) is 21.1. The van der Waals surface area contributed by atoms with Gasteiger partial charge in [0.15, 0.2) is 0 Å². The molecule has 5 heteroatoms. The van der Waals surface area contributed by atoms with Gasteiger partial charge in [0.2, 0.25) is 5.91 Å². The molecule has 2 saturated heterocycles. The Kier molecular flexibility index (Phi) is 5.13. The van der Waals surface area contributed by atoms with Crippen LogP contribution in [0.2, 0.25) is 0 Å². The molecule has 0 radical (unpaired) electrons. The highest BCUT2D eigenvalue weighted by Crippen LogP contribution is 2.31. The second-order valence-corrected chi connectivity index (χ2v) is 7.87. The van der Waals surface area contributed by atoms with Gasteiger partial charge in [-0.1, -0.05) is 6.07 Å². The third kappa shape index (κ3) is 3.93. The summed E-state index contributed by atoms with van der Waals surface area (Å²) in [6, 6.07) is 8.50. The molecular weight excluding hydrogens is 330 g/mol. The van der Waals surface area contributed by atoms with Crippen LogP contribution in [0.3, 0.4) is 0 Å². The molecule has 4 nitrogen and oxygen atoms in total. The van der Waals surface area contributed by atoms with Crippen molar-refractivity contribution in [1.82, 2.24) is 14.8 Å². The largest absolute Gasteiger partial charge is 0.334 e. The minimum Gasteiger partial charge on any atom is -0.334 e. The monoisotopic (exact) mass is 355 g/mol. The van der Waals surface area contributed by atoms with Crippen molar-refractivity contribution in [3.8, 4) is 0 Å². The predicted octanol–water partition coefficient (Wildman–Crippen LogP) is 3.65. The first kappa shape index (κ1) is 16.7. The summed E-state index contributed by atoms with van der Waals surface area (Å²) in [7, 11) is 0. The number of nitrogens with zero attached hydrogens (tertiary/aromatic N) is 3. The first-order valence-electron chi connectivity index (χ1n) is 9.28. The fourth-order valence-electron chi connectivity index (χ4n) is 3.98. The van der Waals surface area contributed by atoms with Gasteiger partial charge in [-0.2, -0.15) is 11.3 Å². The molecule has 0 N–H and O–H groups in total.